The molecule has 3 rings (SSSR count). The Hall–Kier alpha value is -3.15. The van der Waals surface area contributed by atoms with Crippen LogP contribution in [0.25, 0.3) is 0 Å². The minimum atomic E-state index is -1.26. The zero-order valence-corrected chi connectivity index (χ0v) is 13.2. The van der Waals surface area contributed by atoms with Gasteiger partial charge in [0.15, 0.2) is 0 Å². The lowest BCUT2D eigenvalue weighted by molar-refractivity contribution is -0.146. The number of esters is 1. The van der Waals surface area contributed by atoms with Crippen molar-refractivity contribution in [3.63, 3.8) is 0 Å². The first-order valence-corrected chi connectivity index (χ1v) is 7.60. The normalized spacial score (nSPS) is 16.5. The quantitative estimate of drug-likeness (QED) is 0.513. The van der Waals surface area contributed by atoms with Gasteiger partial charge >= 0.3 is 5.97 Å². The van der Waals surface area contributed by atoms with E-state index in [1.165, 1.54) is 0 Å². The van der Waals surface area contributed by atoms with Crippen LogP contribution in [0.4, 0.5) is 11.4 Å². The summed E-state index contributed by atoms with van der Waals surface area (Å²) in [6.45, 7) is 1.86. The molecule has 0 aromatic heterocycles. The highest BCUT2D eigenvalue weighted by Crippen LogP contribution is 2.26. The van der Waals surface area contributed by atoms with Gasteiger partial charge in [-0.15, -0.1) is 0 Å². The molecule has 122 valence electrons. The molecule has 6 nitrogen and oxygen atoms in total. The number of aliphatic imine (C=N–C) groups is 1. The fraction of sp³-hybridized carbons (Fsp3) is 0.167. The minimum Gasteiger partial charge on any atom is -0.464 e. The third-order valence-electron chi connectivity index (χ3n) is 3.62. The number of hydrogen-bond donors (Lipinski definition) is 2. The summed E-state index contributed by atoms with van der Waals surface area (Å²) in [4.78, 5) is 28.9. The van der Waals surface area contributed by atoms with Gasteiger partial charge in [-0.3, -0.25) is 9.79 Å². The van der Waals surface area contributed by atoms with Crippen molar-refractivity contribution >= 4 is 29.0 Å². The van der Waals surface area contributed by atoms with E-state index in [2.05, 4.69) is 10.3 Å². The first-order valence-electron chi connectivity index (χ1n) is 7.60. The Kier molecular flexibility index (Phi) is 4.29. The molecule has 0 spiro atoms. The van der Waals surface area contributed by atoms with Gasteiger partial charge in [0.05, 0.1) is 18.0 Å². The topological polar surface area (TPSA) is 93.8 Å². The van der Waals surface area contributed by atoms with Crippen molar-refractivity contribution in [2.45, 2.75) is 13.0 Å². The smallest absolute Gasteiger partial charge is 0.340 e. The average molecular weight is 323 g/mol. The highest BCUT2D eigenvalue weighted by molar-refractivity contribution is 6.22. The van der Waals surface area contributed by atoms with Gasteiger partial charge in [0.25, 0.3) is 5.91 Å². The molecule has 0 radical (unpaired) electrons. The van der Waals surface area contributed by atoms with E-state index < -0.39 is 17.9 Å². The highest BCUT2D eigenvalue weighted by atomic mass is 16.5. The molecule has 1 aliphatic rings. The second-order valence-electron chi connectivity index (χ2n) is 5.29. The van der Waals surface area contributed by atoms with Crippen molar-refractivity contribution in [2.24, 2.45) is 4.99 Å². The Morgan fingerprint density at radius 2 is 2.00 bits per heavy atom. The van der Waals surface area contributed by atoms with Crippen LogP contribution in [0, 0.1) is 0 Å². The maximum Gasteiger partial charge on any atom is 0.340 e. The largest absolute Gasteiger partial charge is 0.464 e. The van der Waals surface area contributed by atoms with Crippen LogP contribution in [0.5, 0.6) is 0 Å². The van der Waals surface area contributed by atoms with E-state index >= 15 is 0 Å². The molecule has 0 fully saturated rings. The van der Waals surface area contributed by atoms with Crippen LogP contribution in [0.15, 0.2) is 53.5 Å². The number of nitrogens with zero attached hydrogens (tertiary/aromatic N) is 1. The molecule has 24 heavy (non-hydrogen) atoms. The molecule has 1 aliphatic heterocycles. The standard InChI is InChI=1S/C18H17N3O3/c1-2-24-18(23)16-17(22)20-14-9-8-12(19)10-13(14)15(21-16)11-6-4-3-5-7-11/h3-10,16H,2,19H2,1H3,(H,20,22). The van der Waals surface area contributed by atoms with Crippen LogP contribution in [0.3, 0.4) is 0 Å². The molecule has 6 heteroatoms. The van der Waals surface area contributed by atoms with E-state index in [0.29, 0.717) is 22.6 Å². The highest BCUT2D eigenvalue weighted by Gasteiger charge is 2.32. The van der Waals surface area contributed by atoms with Crippen LogP contribution in [0.2, 0.25) is 0 Å². The Balaban J connectivity index is 2.18. The van der Waals surface area contributed by atoms with Gasteiger partial charge in [0.2, 0.25) is 6.04 Å². The maximum absolute atomic E-state index is 12.4. The molecule has 1 amide bonds. The molecule has 2 aromatic rings. The number of benzene rings is 2. The number of carbonyl (C=O) groups is 2. The molecule has 2 aromatic carbocycles. The van der Waals surface area contributed by atoms with E-state index in [1.807, 2.05) is 30.3 Å². The molecule has 1 atom stereocenters. The first-order chi connectivity index (χ1) is 11.6. The van der Waals surface area contributed by atoms with Gasteiger partial charge in [-0.1, -0.05) is 30.3 Å². The minimum absolute atomic E-state index is 0.179. The lowest BCUT2D eigenvalue weighted by Gasteiger charge is -2.10. The molecular weight excluding hydrogens is 306 g/mol. The molecule has 0 aliphatic carbocycles. The van der Waals surface area contributed by atoms with E-state index in [-0.39, 0.29) is 6.61 Å². The number of nitrogens with two attached hydrogens (primary N) is 1. The van der Waals surface area contributed by atoms with Gasteiger partial charge < -0.3 is 15.8 Å². The number of anilines is 2. The number of nitrogen functional groups attached to an aromatic ring is 1. The predicted molar refractivity (Wildman–Crippen MR) is 92.0 cm³/mol. The van der Waals surface area contributed by atoms with Gasteiger partial charge in [-0.2, -0.15) is 0 Å². The Labute approximate surface area is 139 Å². The van der Waals surface area contributed by atoms with E-state index in [1.54, 1.807) is 25.1 Å². The maximum atomic E-state index is 12.4. The van der Waals surface area contributed by atoms with Crippen molar-refractivity contribution in [1.82, 2.24) is 0 Å². The summed E-state index contributed by atoms with van der Waals surface area (Å²) in [5.74, 6) is -1.20. The van der Waals surface area contributed by atoms with Gasteiger partial charge in [0, 0.05) is 16.8 Å². The van der Waals surface area contributed by atoms with Crippen LogP contribution in [0.1, 0.15) is 18.1 Å². The number of benzodiazepines with no additional fused rings is 1. The zero-order valence-electron chi connectivity index (χ0n) is 13.2. The van der Waals surface area contributed by atoms with E-state index in [4.69, 9.17) is 10.5 Å². The Morgan fingerprint density at radius 3 is 2.71 bits per heavy atom. The summed E-state index contributed by atoms with van der Waals surface area (Å²) in [5, 5.41) is 2.73. The predicted octanol–water partition coefficient (Wildman–Crippen LogP) is 1.99. The Bertz CT molecular complexity index is 816. The van der Waals surface area contributed by atoms with Crippen LogP contribution in [-0.2, 0) is 14.3 Å². The van der Waals surface area contributed by atoms with Crippen LogP contribution >= 0.6 is 0 Å². The summed E-state index contributed by atoms with van der Waals surface area (Å²) in [6, 6.07) is 13.2. The molecule has 0 saturated heterocycles. The van der Waals surface area contributed by atoms with Crippen LogP contribution in [-0.4, -0.2) is 30.2 Å². The Morgan fingerprint density at radius 1 is 1.25 bits per heavy atom. The van der Waals surface area contributed by atoms with Crippen molar-refractivity contribution in [3.8, 4) is 0 Å². The SMILES string of the molecule is CCOC(=O)C1N=C(c2ccccc2)c2cc(N)ccc2NC1=O. The number of ether oxygens (including phenoxy) is 1. The van der Waals surface area contributed by atoms with E-state index in [9.17, 15) is 9.59 Å². The summed E-state index contributed by atoms with van der Waals surface area (Å²) >= 11 is 0. The molecule has 0 saturated carbocycles. The molecule has 0 bridgehead atoms. The average Bonchev–Trinajstić information content (AvgIpc) is 2.72. The lowest BCUT2D eigenvalue weighted by atomic mass is 10.00. The van der Waals surface area contributed by atoms with Crippen molar-refractivity contribution < 1.29 is 14.3 Å². The third kappa shape index (κ3) is 2.99. The van der Waals surface area contributed by atoms with Crippen molar-refractivity contribution in [2.75, 3.05) is 17.7 Å². The second kappa shape index (κ2) is 6.54. The molecule has 1 unspecified atom stereocenters. The fourth-order valence-electron chi connectivity index (χ4n) is 2.53. The third-order valence-corrected chi connectivity index (χ3v) is 3.62. The fourth-order valence-corrected chi connectivity index (χ4v) is 2.53. The monoisotopic (exact) mass is 323 g/mol. The molecule has 3 N–H and O–H groups in total. The number of nitrogens with one attached hydrogen (secondary N) is 1. The van der Waals surface area contributed by atoms with Crippen molar-refractivity contribution in [1.29, 1.82) is 0 Å². The van der Waals surface area contributed by atoms with Crippen molar-refractivity contribution in [3.05, 3.63) is 59.7 Å². The number of rotatable bonds is 3. The lowest BCUT2D eigenvalue weighted by Crippen LogP contribution is -2.34. The number of fused-ring (bicyclic) bond motifs is 1. The molecule has 1 heterocycles. The van der Waals surface area contributed by atoms with E-state index in [0.717, 1.165) is 5.56 Å². The zero-order chi connectivity index (χ0) is 17.1. The number of hydrogen-bond acceptors (Lipinski definition) is 5. The van der Waals surface area contributed by atoms with Gasteiger partial charge in [0.1, 0.15) is 0 Å². The summed E-state index contributed by atoms with van der Waals surface area (Å²) in [5.41, 5.74) is 8.97. The first kappa shape index (κ1) is 15.7. The second-order valence-corrected chi connectivity index (χ2v) is 5.29. The van der Waals surface area contributed by atoms with Crippen LogP contribution < -0.4 is 11.1 Å². The number of carbonyl (C=O) groups excluding carboxylic acids is 2. The molecular formula is C18H17N3O3. The summed E-state index contributed by atoms with van der Waals surface area (Å²) in [7, 11) is 0. The number of amides is 1. The summed E-state index contributed by atoms with van der Waals surface area (Å²) in [6.07, 6.45) is 0. The van der Waals surface area contributed by atoms with Gasteiger partial charge in [-0.05, 0) is 25.1 Å². The van der Waals surface area contributed by atoms with Gasteiger partial charge in [-0.25, -0.2) is 4.79 Å². The summed E-state index contributed by atoms with van der Waals surface area (Å²) < 4.78 is 4.98.